The van der Waals surface area contributed by atoms with Gasteiger partial charge in [0.25, 0.3) is 0 Å². The lowest BCUT2D eigenvalue weighted by atomic mass is 9.99. The molecule has 0 saturated carbocycles. The molecule has 0 radical (unpaired) electrons. The van der Waals surface area contributed by atoms with Crippen LogP contribution in [0.3, 0.4) is 0 Å². The molecule has 0 bridgehead atoms. The largest absolute Gasteiger partial charge is 0.375 e. The van der Waals surface area contributed by atoms with E-state index in [2.05, 4.69) is 4.98 Å². The van der Waals surface area contributed by atoms with Gasteiger partial charge in [0.05, 0.1) is 0 Å². The van der Waals surface area contributed by atoms with Crippen LogP contribution in [-0.4, -0.2) is 15.9 Å². The summed E-state index contributed by atoms with van der Waals surface area (Å²) in [7, 11) is 0. The third-order valence-corrected chi connectivity index (χ3v) is 2.69. The molecular formula is C9H7NO2S. The van der Waals surface area contributed by atoms with Crippen LogP contribution in [0.25, 0.3) is 0 Å². The van der Waals surface area contributed by atoms with Gasteiger partial charge >= 0.3 is 0 Å². The van der Waals surface area contributed by atoms with Gasteiger partial charge in [-0.05, 0) is 24.3 Å². The van der Waals surface area contributed by atoms with E-state index in [9.17, 15) is 9.90 Å². The van der Waals surface area contributed by atoms with Gasteiger partial charge in [0.2, 0.25) is 0 Å². The zero-order valence-electron chi connectivity index (χ0n) is 6.68. The number of ketones is 1. The standard InChI is InChI=1S/C9H7NO2S/c11-7-1-3-9(12,4-2-7)8-10-5-6-13-8/h1-6,12H. The SMILES string of the molecule is O=C1C=CC(O)(c2nccs2)C=C1. The van der Waals surface area contributed by atoms with E-state index >= 15 is 0 Å². The van der Waals surface area contributed by atoms with E-state index in [0.29, 0.717) is 5.01 Å². The van der Waals surface area contributed by atoms with E-state index in [1.54, 1.807) is 11.6 Å². The lowest BCUT2D eigenvalue weighted by Crippen LogP contribution is -2.22. The lowest BCUT2D eigenvalue weighted by molar-refractivity contribution is -0.110. The minimum atomic E-state index is -1.19. The summed E-state index contributed by atoms with van der Waals surface area (Å²) in [5.74, 6) is -0.110. The van der Waals surface area contributed by atoms with Gasteiger partial charge in [-0.2, -0.15) is 0 Å². The summed E-state index contributed by atoms with van der Waals surface area (Å²) >= 11 is 1.35. The molecule has 1 heterocycles. The van der Waals surface area contributed by atoms with Crippen LogP contribution in [0.1, 0.15) is 5.01 Å². The zero-order valence-corrected chi connectivity index (χ0v) is 7.49. The maximum Gasteiger partial charge on any atom is 0.178 e. The number of thiazole rings is 1. The molecule has 0 unspecified atom stereocenters. The first kappa shape index (κ1) is 8.34. The molecule has 3 nitrogen and oxygen atoms in total. The second kappa shape index (κ2) is 2.90. The number of allylic oxidation sites excluding steroid dienone is 2. The van der Waals surface area contributed by atoms with Gasteiger partial charge in [0.15, 0.2) is 11.4 Å². The molecule has 1 aromatic heterocycles. The normalized spacial score (nSPS) is 19.3. The van der Waals surface area contributed by atoms with Crippen LogP contribution in [0.4, 0.5) is 0 Å². The number of carbonyl (C=O) groups is 1. The van der Waals surface area contributed by atoms with Crippen molar-refractivity contribution >= 4 is 17.1 Å². The number of carbonyl (C=O) groups excluding carboxylic acids is 1. The van der Waals surface area contributed by atoms with Gasteiger partial charge in [-0.3, -0.25) is 4.79 Å². The highest BCUT2D eigenvalue weighted by Crippen LogP contribution is 2.28. The summed E-state index contributed by atoms with van der Waals surface area (Å²) < 4.78 is 0. The smallest absolute Gasteiger partial charge is 0.178 e. The number of rotatable bonds is 1. The molecule has 1 N–H and O–H groups in total. The predicted octanol–water partition coefficient (Wildman–Crippen LogP) is 1.03. The predicted molar refractivity (Wildman–Crippen MR) is 49.3 cm³/mol. The van der Waals surface area contributed by atoms with Crippen LogP contribution in [0.15, 0.2) is 35.9 Å². The van der Waals surface area contributed by atoms with E-state index in [4.69, 9.17) is 0 Å². The highest BCUT2D eigenvalue weighted by molar-refractivity contribution is 7.09. The van der Waals surface area contributed by atoms with Crippen molar-refractivity contribution in [3.63, 3.8) is 0 Å². The third-order valence-electron chi connectivity index (χ3n) is 1.78. The Bertz CT molecular complexity index is 362. The van der Waals surface area contributed by atoms with E-state index in [1.165, 1.54) is 35.6 Å². The Balaban J connectivity index is 2.38. The number of nitrogens with zero attached hydrogens (tertiary/aromatic N) is 1. The highest BCUT2D eigenvalue weighted by atomic mass is 32.1. The number of aromatic nitrogens is 1. The van der Waals surface area contributed by atoms with Gasteiger partial charge < -0.3 is 5.11 Å². The molecule has 66 valence electrons. The first-order valence-electron chi connectivity index (χ1n) is 3.75. The van der Waals surface area contributed by atoms with Crippen molar-refractivity contribution in [1.29, 1.82) is 0 Å². The van der Waals surface area contributed by atoms with E-state index in [1.807, 2.05) is 0 Å². The van der Waals surface area contributed by atoms with E-state index in [0.717, 1.165) is 0 Å². The fourth-order valence-corrected chi connectivity index (χ4v) is 1.79. The van der Waals surface area contributed by atoms with Crippen LogP contribution < -0.4 is 0 Å². The Labute approximate surface area is 79.1 Å². The van der Waals surface area contributed by atoms with Crippen molar-refractivity contribution in [2.75, 3.05) is 0 Å². The second-order valence-electron chi connectivity index (χ2n) is 2.73. The third kappa shape index (κ3) is 1.46. The van der Waals surface area contributed by atoms with Gasteiger partial charge in [0.1, 0.15) is 5.01 Å². The summed E-state index contributed by atoms with van der Waals surface area (Å²) in [6, 6.07) is 0. The van der Waals surface area contributed by atoms with Crippen LogP contribution in [0.5, 0.6) is 0 Å². The number of hydrogen-bond donors (Lipinski definition) is 1. The number of aliphatic hydroxyl groups is 1. The van der Waals surface area contributed by atoms with E-state index in [-0.39, 0.29) is 5.78 Å². The monoisotopic (exact) mass is 193 g/mol. The van der Waals surface area contributed by atoms with E-state index < -0.39 is 5.60 Å². The molecule has 4 heteroatoms. The molecule has 0 atom stereocenters. The van der Waals surface area contributed by atoms with Crippen molar-refractivity contribution < 1.29 is 9.90 Å². The van der Waals surface area contributed by atoms with Crippen LogP contribution >= 0.6 is 11.3 Å². The molecule has 0 spiro atoms. The molecule has 0 fully saturated rings. The topological polar surface area (TPSA) is 50.2 Å². The molecule has 0 aromatic carbocycles. The molecule has 2 rings (SSSR count). The Morgan fingerprint density at radius 1 is 1.38 bits per heavy atom. The molecule has 0 amide bonds. The lowest BCUT2D eigenvalue weighted by Gasteiger charge is -2.19. The Morgan fingerprint density at radius 3 is 2.62 bits per heavy atom. The van der Waals surface area contributed by atoms with Crippen molar-refractivity contribution in [1.82, 2.24) is 4.98 Å². The van der Waals surface area contributed by atoms with Crippen molar-refractivity contribution in [2.45, 2.75) is 5.60 Å². The molecule has 13 heavy (non-hydrogen) atoms. The van der Waals surface area contributed by atoms with Crippen molar-refractivity contribution in [3.8, 4) is 0 Å². The summed E-state index contributed by atoms with van der Waals surface area (Å²) in [6.45, 7) is 0. The molecule has 0 saturated heterocycles. The minimum Gasteiger partial charge on any atom is -0.375 e. The number of hydrogen-bond acceptors (Lipinski definition) is 4. The first-order chi connectivity index (χ1) is 6.21. The Morgan fingerprint density at radius 2 is 2.08 bits per heavy atom. The fourth-order valence-electron chi connectivity index (χ4n) is 1.09. The summed E-state index contributed by atoms with van der Waals surface area (Å²) in [6.07, 6.45) is 7.22. The molecule has 1 aliphatic carbocycles. The molecule has 1 aliphatic rings. The second-order valence-corrected chi connectivity index (χ2v) is 3.63. The fraction of sp³-hybridized carbons (Fsp3) is 0.111. The van der Waals surface area contributed by atoms with Crippen molar-refractivity contribution in [2.24, 2.45) is 0 Å². The summed E-state index contributed by atoms with van der Waals surface area (Å²) in [4.78, 5) is 14.8. The molecule has 1 aromatic rings. The highest BCUT2D eigenvalue weighted by Gasteiger charge is 2.27. The Hall–Kier alpha value is -1.26. The average molecular weight is 193 g/mol. The van der Waals surface area contributed by atoms with Crippen molar-refractivity contribution in [3.05, 3.63) is 40.9 Å². The van der Waals surface area contributed by atoms with Crippen LogP contribution in [-0.2, 0) is 10.4 Å². The van der Waals surface area contributed by atoms with Crippen LogP contribution in [0.2, 0.25) is 0 Å². The zero-order chi connectivity index (χ0) is 9.31. The first-order valence-corrected chi connectivity index (χ1v) is 4.63. The maximum absolute atomic E-state index is 10.8. The van der Waals surface area contributed by atoms with Gasteiger partial charge in [0, 0.05) is 11.6 Å². The quantitative estimate of drug-likeness (QED) is 0.724. The average Bonchev–Trinajstić information content (AvgIpc) is 2.63. The summed E-state index contributed by atoms with van der Waals surface area (Å²) in [5, 5.41) is 12.3. The molecular weight excluding hydrogens is 186 g/mol. The van der Waals surface area contributed by atoms with Gasteiger partial charge in [-0.25, -0.2) is 4.98 Å². The minimum absolute atomic E-state index is 0.110. The Kier molecular flexibility index (Phi) is 1.86. The van der Waals surface area contributed by atoms with Crippen LogP contribution in [0, 0.1) is 0 Å². The van der Waals surface area contributed by atoms with Gasteiger partial charge in [-0.1, -0.05) is 0 Å². The van der Waals surface area contributed by atoms with Gasteiger partial charge in [-0.15, -0.1) is 11.3 Å². The maximum atomic E-state index is 10.8. The summed E-state index contributed by atoms with van der Waals surface area (Å²) in [5.41, 5.74) is -1.19. The molecule has 0 aliphatic heterocycles.